The van der Waals surface area contributed by atoms with Crippen molar-refractivity contribution < 1.29 is 33.4 Å². The Kier molecular flexibility index (Phi) is 5.11. The number of ether oxygens (including phenoxy) is 2. The number of carbonyl (C=O) groups excluding carboxylic acids is 1. The van der Waals surface area contributed by atoms with Crippen LogP contribution in [0.15, 0.2) is 30.3 Å². The number of carbonyl (C=O) groups is 1. The van der Waals surface area contributed by atoms with Gasteiger partial charge in [0.2, 0.25) is 0 Å². The van der Waals surface area contributed by atoms with Crippen LogP contribution in [0.2, 0.25) is 0 Å². The number of thioether (sulfide) groups is 1. The Morgan fingerprint density at radius 1 is 1.46 bits per heavy atom. The van der Waals surface area contributed by atoms with Crippen LogP contribution >= 0.6 is 19.4 Å². The van der Waals surface area contributed by atoms with Crippen LogP contribution in [-0.2, 0) is 25.2 Å². The molecule has 3 unspecified atom stereocenters. The van der Waals surface area contributed by atoms with E-state index >= 15 is 0 Å². The molecule has 1 aromatic carbocycles. The maximum Gasteiger partial charge on any atom is 0.436 e. The van der Waals surface area contributed by atoms with Gasteiger partial charge in [-0.3, -0.25) is 4.52 Å². The zero-order valence-corrected chi connectivity index (χ0v) is 14.3. The lowest BCUT2D eigenvalue weighted by molar-refractivity contribution is -0.0738. The molecule has 2 fully saturated rings. The molecule has 7 nitrogen and oxygen atoms in total. The average Bonchev–Trinajstić information content (AvgIpc) is 3.04. The minimum absolute atomic E-state index is 0.141. The molecule has 0 saturated carbocycles. The van der Waals surface area contributed by atoms with E-state index in [1.807, 2.05) is 0 Å². The van der Waals surface area contributed by atoms with Crippen molar-refractivity contribution in [2.75, 3.05) is 12.4 Å². The van der Waals surface area contributed by atoms with E-state index in [4.69, 9.17) is 21.8 Å². The summed E-state index contributed by atoms with van der Waals surface area (Å²) in [7, 11) is 1.07. The molecule has 2 radical (unpaired) electrons. The molecule has 2 aliphatic rings. The second-order valence-corrected chi connectivity index (χ2v) is 8.45. The highest BCUT2D eigenvalue weighted by molar-refractivity contribution is 8.00. The molecule has 5 atom stereocenters. The summed E-state index contributed by atoms with van der Waals surface area (Å²) >= 11 is 1.38. The first-order valence-electron chi connectivity index (χ1n) is 7.26. The quantitative estimate of drug-likeness (QED) is 0.570. The third-order valence-corrected chi connectivity index (χ3v) is 6.65. The number of fused-ring (bicyclic) bond motifs is 2. The Labute approximate surface area is 144 Å². The molecule has 2 heterocycles. The topological polar surface area (TPSA) is 102 Å². The van der Waals surface area contributed by atoms with Crippen molar-refractivity contribution in [1.29, 1.82) is 0 Å². The van der Waals surface area contributed by atoms with E-state index < -0.39 is 42.9 Å². The molecular formula is C14H16BO7PS. The fourth-order valence-electron chi connectivity index (χ4n) is 2.74. The number of aliphatic hydroxyl groups excluding tert-OH is 1. The predicted octanol–water partition coefficient (Wildman–Crippen LogP) is 1.27. The van der Waals surface area contributed by atoms with Gasteiger partial charge in [0.25, 0.3) is 0 Å². The minimum atomic E-state index is -4.71. The zero-order chi connectivity index (χ0) is 17.4. The van der Waals surface area contributed by atoms with Crippen molar-refractivity contribution in [3.8, 4) is 0 Å². The number of aliphatic hydroxyl groups is 1. The van der Waals surface area contributed by atoms with Crippen LogP contribution in [0.3, 0.4) is 0 Å². The summed E-state index contributed by atoms with van der Waals surface area (Å²) in [5.41, 5.74) is -1.84. The molecule has 2 N–H and O–H groups in total. The third kappa shape index (κ3) is 3.29. The largest absolute Gasteiger partial charge is 0.452 e. The van der Waals surface area contributed by atoms with Gasteiger partial charge in [-0.25, -0.2) is 9.36 Å². The van der Waals surface area contributed by atoms with Gasteiger partial charge in [0, 0.05) is 11.8 Å². The van der Waals surface area contributed by atoms with Gasteiger partial charge in [0.15, 0.2) is 0 Å². The van der Waals surface area contributed by atoms with Crippen molar-refractivity contribution in [3.05, 3.63) is 35.9 Å². The van der Waals surface area contributed by atoms with Gasteiger partial charge in [0.05, 0.1) is 11.9 Å². The first-order valence-corrected chi connectivity index (χ1v) is 9.89. The Hall–Kier alpha value is -0.825. The molecule has 2 aliphatic heterocycles. The highest BCUT2D eigenvalue weighted by atomic mass is 32.2. The standard InChI is InChI=1S/C14H16BO7PS/c15-12-10-11(14(7-16,21-12)8-24-10)22-23(18,19)13(17)20-6-9-4-2-1-3-5-9/h1-5,10-12,16H,6-8H2,(H,18,19)/t10?,11?,12-,14+/m1/s1. The molecule has 128 valence electrons. The number of hydrogen-bond donors (Lipinski definition) is 2. The Morgan fingerprint density at radius 3 is 2.79 bits per heavy atom. The smallest absolute Gasteiger partial charge is 0.436 e. The number of benzene rings is 1. The van der Waals surface area contributed by atoms with E-state index in [-0.39, 0.29) is 6.61 Å². The van der Waals surface area contributed by atoms with E-state index in [1.165, 1.54) is 11.8 Å². The Balaban J connectivity index is 1.65. The summed E-state index contributed by atoms with van der Waals surface area (Å²) in [6.07, 6.45) is -0.956. The van der Waals surface area contributed by atoms with Crippen LogP contribution in [0, 0.1) is 0 Å². The van der Waals surface area contributed by atoms with Crippen molar-refractivity contribution in [2.45, 2.75) is 29.6 Å². The summed E-state index contributed by atoms with van der Waals surface area (Å²) in [5, 5.41) is 9.13. The van der Waals surface area contributed by atoms with Crippen molar-refractivity contribution in [1.82, 2.24) is 0 Å². The van der Waals surface area contributed by atoms with Crippen LogP contribution in [0.1, 0.15) is 5.56 Å². The van der Waals surface area contributed by atoms with Crippen LogP contribution < -0.4 is 0 Å². The van der Waals surface area contributed by atoms with Crippen LogP contribution in [-0.4, -0.2) is 58.9 Å². The lowest BCUT2D eigenvalue weighted by atomic mass is 9.93. The summed E-state index contributed by atoms with van der Waals surface area (Å²) in [5.74, 6) is 0.367. The van der Waals surface area contributed by atoms with E-state index in [0.29, 0.717) is 11.3 Å². The molecule has 3 rings (SSSR count). The highest BCUT2D eigenvalue weighted by Gasteiger charge is 2.62. The van der Waals surface area contributed by atoms with Gasteiger partial charge in [-0.15, -0.1) is 0 Å². The monoisotopic (exact) mass is 370 g/mol. The molecule has 0 amide bonds. The molecule has 0 aromatic heterocycles. The SMILES string of the molecule is [B][C@@H]1O[C@@]2(CO)CSC1C2OP(=O)(O)C(=O)OCc1ccccc1. The average molecular weight is 370 g/mol. The van der Waals surface area contributed by atoms with Crippen molar-refractivity contribution in [2.24, 2.45) is 0 Å². The fraction of sp³-hybridized carbons (Fsp3) is 0.500. The summed E-state index contributed by atoms with van der Waals surface area (Å²) in [6, 6.07) is 8.03. The summed E-state index contributed by atoms with van der Waals surface area (Å²) < 4.78 is 27.7. The van der Waals surface area contributed by atoms with Crippen LogP contribution in [0.4, 0.5) is 4.79 Å². The van der Waals surface area contributed by atoms with E-state index in [9.17, 15) is 19.4 Å². The molecule has 10 heteroatoms. The highest BCUT2D eigenvalue weighted by Crippen LogP contribution is 2.55. The van der Waals surface area contributed by atoms with Crippen LogP contribution in [0.25, 0.3) is 0 Å². The molecule has 2 saturated heterocycles. The van der Waals surface area contributed by atoms with Crippen molar-refractivity contribution in [3.63, 3.8) is 0 Å². The molecule has 24 heavy (non-hydrogen) atoms. The summed E-state index contributed by atoms with van der Waals surface area (Å²) in [6.45, 7) is -0.564. The number of hydrogen-bond acceptors (Lipinski definition) is 7. The first kappa shape index (κ1) is 18.0. The van der Waals surface area contributed by atoms with Gasteiger partial charge in [0.1, 0.15) is 26.2 Å². The summed E-state index contributed by atoms with van der Waals surface area (Å²) in [4.78, 5) is 21.9. The maximum atomic E-state index is 12.2. The van der Waals surface area contributed by atoms with E-state index in [2.05, 4.69) is 0 Å². The lowest BCUT2D eigenvalue weighted by Gasteiger charge is -2.29. The van der Waals surface area contributed by atoms with Gasteiger partial charge in [-0.2, -0.15) is 11.8 Å². The maximum absolute atomic E-state index is 12.2. The molecule has 0 spiro atoms. The molecule has 2 bridgehead atoms. The van der Waals surface area contributed by atoms with Gasteiger partial charge < -0.3 is 19.5 Å². The Morgan fingerprint density at radius 2 is 2.17 bits per heavy atom. The predicted molar refractivity (Wildman–Crippen MR) is 88.0 cm³/mol. The van der Waals surface area contributed by atoms with Gasteiger partial charge >= 0.3 is 13.3 Å². The third-order valence-electron chi connectivity index (χ3n) is 3.99. The lowest BCUT2D eigenvalue weighted by Crippen LogP contribution is -2.45. The van der Waals surface area contributed by atoms with E-state index in [1.54, 1.807) is 30.3 Å². The molecule has 0 aliphatic carbocycles. The minimum Gasteiger partial charge on any atom is -0.452 e. The van der Waals surface area contributed by atoms with Gasteiger partial charge in [-0.05, 0) is 5.56 Å². The first-order chi connectivity index (χ1) is 11.4. The fourth-order valence-corrected chi connectivity index (χ4v) is 5.29. The van der Waals surface area contributed by atoms with Gasteiger partial charge in [-0.1, -0.05) is 30.3 Å². The second-order valence-electron chi connectivity index (χ2n) is 5.67. The Bertz CT molecular complexity index is 660. The second kappa shape index (κ2) is 6.82. The molecular weight excluding hydrogens is 354 g/mol. The van der Waals surface area contributed by atoms with E-state index in [0.717, 1.165) is 0 Å². The zero-order valence-electron chi connectivity index (χ0n) is 12.6. The molecule has 1 aromatic rings. The normalized spacial score (nSPS) is 34.0. The van der Waals surface area contributed by atoms with Crippen molar-refractivity contribution >= 4 is 32.9 Å². The van der Waals surface area contributed by atoms with Crippen LogP contribution in [0.5, 0.6) is 0 Å². The number of rotatable bonds is 6.